The Kier molecular flexibility index (Phi) is 4.90. The van der Waals surface area contributed by atoms with E-state index in [1.54, 1.807) is 6.07 Å². The minimum Gasteiger partial charge on any atom is -0.481 e. The lowest BCUT2D eigenvalue weighted by Gasteiger charge is -2.44. The molecule has 2 aromatic rings. The van der Waals surface area contributed by atoms with Gasteiger partial charge >= 0.3 is 0 Å². The number of aliphatic hydroxyl groups is 1. The average molecular weight is 365 g/mol. The van der Waals surface area contributed by atoms with Gasteiger partial charge in [-0.05, 0) is 49.4 Å². The van der Waals surface area contributed by atoms with E-state index in [1.807, 2.05) is 24.3 Å². The van der Waals surface area contributed by atoms with Crippen LogP contribution in [0.5, 0.6) is 5.75 Å². The van der Waals surface area contributed by atoms with E-state index >= 15 is 0 Å². The summed E-state index contributed by atoms with van der Waals surface area (Å²) in [5.74, 6) is 3.04. The predicted octanol–water partition coefficient (Wildman–Crippen LogP) is 3.85. The molecule has 0 aliphatic carbocycles. The van der Waals surface area contributed by atoms with Crippen molar-refractivity contribution in [1.29, 1.82) is 0 Å². The van der Waals surface area contributed by atoms with Crippen molar-refractivity contribution in [1.82, 2.24) is 4.90 Å². The van der Waals surface area contributed by atoms with Gasteiger partial charge in [0.2, 0.25) is 0 Å². The summed E-state index contributed by atoms with van der Waals surface area (Å²) in [6.45, 7) is 1.03. The van der Waals surface area contributed by atoms with Crippen LogP contribution in [0.2, 0.25) is 0 Å². The maximum Gasteiger partial charge on any atom is 0.148 e. The Balaban J connectivity index is 1.53. The van der Waals surface area contributed by atoms with Crippen LogP contribution < -0.4 is 4.74 Å². The number of hydrogen-bond donors (Lipinski definition) is 1. The Labute approximate surface area is 159 Å². The smallest absolute Gasteiger partial charge is 0.148 e. The lowest BCUT2D eigenvalue weighted by molar-refractivity contribution is -0.0598. The van der Waals surface area contributed by atoms with Crippen molar-refractivity contribution >= 4 is 0 Å². The summed E-state index contributed by atoms with van der Waals surface area (Å²) in [5.41, 5.74) is 0.849. The summed E-state index contributed by atoms with van der Waals surface area (Å²) in [4.78, 5) is 2.46. The highest BCUT2D eigenvalue weighted by Gasteiger charge is 2.48. The molecule has 27 heavy (non-hydrogen) atoms. The van der Waals surface area contributed by atoms with Crippen LogP contribution in [0.25, 0.3) is 0 Å². The lowest BCUT2D eigenvalue weighted by atomic mass is 9.80. The fourth-order valence-corrected chi connectivity index (χ4v) is 4.68. The maximum atomic E-state index is 13.7. The van der Waals surface area contributed by atoms with Crippen molar-refractivity contribution in [2.75, 3.05) is 6.61 Å². The van der Waals surface area contributed by atoms with Gasteiger partial charge in [0.1, 0.15) is 18.2 Å². The SMILES string of the molecule is C#CCOc1ccccc1CN1C2CCC1CC(O)(c1cccc(F)c1)C2. The second kappa shape index (κ2) is 7.34. The van der Waals surface area contributed by atoms with Gasteiger partial charge < -0.3 is 9.84 Å². The van der Waals surface area contributed by atoms with E-state index < -0.39 is 5.60 Å². The molecule has 1 N–H and O–H groups in total. The molecule has 2 aromatic carbocycles. The number of benzene rings is 2. The Hall–Kier alpha value is -2.35. The minimum atomic E-state index is -0.954. The van der Waals surface area contributed by atoms with E-state index in [9.17, 15) is 9.50 Å². The van der Waals surface area contributed by atoms with Crippen molar-refractivity contribution in [3.63, 3.8) is 0 Å². The first-order valence-electron chi connectivity index (χ1n) is 9.47. The summed E-state index contributed by atoms with van der Waals surface area (Å²) >= 11 is 0. The Morgan fingerprint density at radius 1 is 1.15 bits per heavy atom. The second-order valence-corrected chi connectivity index (χ2v) is 7.61. The van der Waals surface area contributed by atoms with Gasteiger partial charge in [-0.1, -0.05) is 36.3 Å². The van der Waals surface area contributed by atoms with Crippen LogP contribution in [-0.4, -0.2) is 28.7 Å². The number of fused-ring (bicyclic) bond motifs is 2. The van der Waals surface area contributed by atoms with Gasteiger partial charge in [0.05, 0.1) is 5.60 Å². The maximum absolute atomic E-state index is 13.7. The van der Waals surface area contributed by atoms with E-state index in [2.05, 4.69) is 16.9 Å². The first kappa shape index (κ1) is 18.0. The highest BCUT2D eigenvalue weighted by atomic mass is 19.1. The molecule has 2 heterocycles. The molecule has 2 bridgehead atoms. The zero-order valence-electron chi connectivity index (χ0n) is 15.3. The van der Waals surface area contributed by atoms with Gasteiger partial charge in [0, 0.05) is 24.2 Å². The van der Waals surface area contributed by atoms with Crippen molar-refractivity contribution < 1.29 is 14.2 Å². The summed E-state index contributed by atoms with van der Waals surface area (Å²) in [7, 11) is 0. The Morgan fingerprint density at radius 3 is 2.59 bits per heavy atom. The van der Waals surface area contributed by atoms with Crippen LogP contribution in [0.1, 0.15) is 36.8 Å². The molecule has 2 aliphatic rings. The molecule has 2 saturated heterocycles. The van der Waals surface area contributed by atoms with Gasteiger partial charge in [-0.25, -0.2) is 4.39 Å². The van der Waals surface area contributed by atoms with Gasteiger partial charge in [0.15, 0.2) is 0 Å². The second-order valence-electron chi connectivity index (χ2n) is 7.61. The van der Waals surface area contributed by atoms with Crippen LogP contribution in [-0.2, 0) is 12.1 Å². The number of piperidine rings is 1. The number of nitrogens with zero attached hydrogens (tertiary/aromatic N) is 1. The zero-order chi connectivity index (χ0) is 18.9. The van der Waals surface area contributed by atoms with Crippen molar-refractivity contribution in [2.24, 2.45) is 0 Å². The summed E-state index contributed by atoms with van der Waals surface area (Å²) in [6, 6.07) is 14.9. The third-order valence-electron chi connectivity index (χ3n) is 5.92. The molecule has 3 nitrogen and oxygen atoms in total. The number of ether oxygens (including phenoxy) is 1. The van der Waals surface area contributed by atoms with Gasteiger partial charge in [-0.3, -0.25) is 4.90 Å². The zero-order valence-corrected chi connectivity index (χ0v) is 15.3. The van der Waals surface area contributed by atoms with E-state index in [-0.39, 0.29) is 24.5 Å². The van der Waals surface area contributed by atoms with E-state index in [4.69, 9.17) is 11.2 Å². The molecule has 0 aromatic heterocycles. The number of para-hydroxylation sites is 1. The molecule has 0 radical (unpaired) electrons. The first-order chi connectivity index (χ1) is 13.1. The summed E-state index contributed by atoms with van der Waals surface area (Å²) in [6.07, 6.45) is 8.67. The molecule has 0 spiro atoms. The van der Waals surface area contributed by atoms with Gasteiger partial charge in [-0.15, -0.1) is 6.42 Å². The molecule has 4 heteroatoms. The average Bonchev–Trinajstić information content (AvgIpc) is 2.91. The van der Waals surface area contributed by atoms with E-state index in [0.29, 0.717) is 18.4 Å². The summed E-state index contributed by atoms with van der Waals surface area (Å²) < 4.78 is 19.4. The quantitative estimate of drug-likeness (QED) is 0.817. The fraction of sp³-hybridized carbons (Fsp3) is 0.391. The minimum absolute atomic E-state index is 0.253. The van der Waals surface area contributed by atoms with Crippen molar-refractivity contribution in [3.05, 3.63) is 65.5 Å². The highest BCUT2D eigenvalue weighted by Crippen LogP contribution is 2.46. The normalized spacial score (nSPS) is 27.3. The van der Waals surface area contributed by atoms with E-state index in [1.165, 1.54) is 12.1 Å². The molecule has 4 rings (SSSR count). The number of halogens is 1. The molecular formula is C23H24FNO2. The third kappa shape index (κ3) is 3.58. The molecular weight excluding hydrogens is 341 g/mol. The molecule has 2 atom stereocenters. The van der Waals surface area contributed by atoms with Crippen molar-refractivity contribution in [2.45, 2.75) is 49.9 Å². The van der Waals surface area contributed by atoms with Crippen LogP contribution in [0.4, 0.5) is 4.39 Å². The van der Waals surface area contributed by atoms with Gasteiger partial charge in [-0.2, -0.15) is 0 Å². The predicted molar refractivity (Wildman–Crippen MR) is 103 cm³/mol. The lowest BCUT2D eigenvalue weighted by Crippen LogP contribution is -2.49. The monoisotopic (exact) mass is 365 g/mol. The number of terminal acetylenes is 1. The standard InChI is InChI=1S/C23H24FNO2/c1-2-12-27-22-9-4-3-6-17(22)16-25-20-10-11-21(25)15-23(26,14-20)18-7-5-8-19(24)13-18/h1,3-9,13,20-21,26H,10-12,14-16H2. The topological polar surface area (TPSA) is 32.7 Å². The summed E-state index contributed by atoms with van der Waals surface area (Å²) in [5, 5.41) is 11.3. The van der Waals surface area contributed by atoms with Crippen LogP contribution in [0.15, 0.2) is 48.5 Å². The van der Waals surface area contributed by atoms with Crippen LogP contribution >= 0.6 is 0 Å². The molecule has 2 aliphatic heterocycles. The number of hydrogen-bond acceptors (Lipinski definition) is 3. The number of rotatable bonds is 5. The molecule has 2 fully saturated rings. The van der Waals surface area contributed by atoms with Crippen LogP contribution in [0, 0.1) is 18.2 Å². The first-order valence-corrected chi connectivity index (χ1v) is 9.47. The fourth-order valence-electron chi connectivity index (χ4n) is 4.68. The largest absolute Gasteiger partial charge is 0.481 e. The molecule has 0 amide bonds. The third-order valence-corrected chi connectivity index (χ3v) is 5.92. The van der Waals surface area contributed by atoms with Gasteiger partial charge in [0.25, 0.3) is 0 Å². The molecule has 0 saturated carbocycles. The Morgan fingerprint density at radius 2 is 1.89 bits per heavy atom. The molecule has 2 unspecified atom stereocenters. The molecule has 140 valence electrons. The van der Waals surface area contributed by atoms with Crippen molar-refractivity contribution in [3.8, 4) is 18.1 Å². The van der Waals surface area contributed by atoms with Crippen LogP contribution in [0.3, 0.4) is 0 Å². The highest BCUT2D eigenvalue weighted by molar-refractivity contribution is 5.34. The van der Waals surface area contributed by atoms with E-state index in [0.717, 1.165) is 30.7 Å². The Bertz CT molecular complexity index is 845.